The summed E-state index contributed by atoms with van der Waals surface area (Å²) in [5.74, 6) is 0.773. The Balaban J connectivity index is 2.22. The number of aliphatic hydroxyl groups is 1. The first-order valence-corrected chi connectivity index (χ1v) is 8.16. The zero-order valence-electron chi connectivity index (χ0n) is 14.2. The largest absolute Gasteiger partial charge is 0.394 e. The highest BCUT2D eigenvalue weighted by molar-refractivity contribution is 4.87. The Morgan fingerprint density at radius 1 is 1.30 bits per heavy atom. The monoisotopic (exact) mass is 285 g/mol. The van der Waals surface area contributed by atoms with Crippen LogP contribution in [0, 0.1) is 5.92 Å². The molecule has 1 aliphatic heterocycles. The third-order valence-corrected chi connectivity index (χ3v) is 4.72. The molecule has 1 saturated heterocycles. The van der Waals surface area contributed by atoms with Gasteiger partial charge in [-0.3, -0.25) is 0 Å². The van der Waals surface area contributed by atoms with Crippen LogP contribution < -0.4 is 5.32 Å². The summed E-state index contributed by atoms with van der Waals surface area (Å²) < 4.78 is 0. The van der Waals surface area contributed by atoms with Crippen molar-refractivity contribution in [2.75, 3.05) is 46.9 Å². The third-order valence-electron chi connectivity index (χ3n) is 4.72. The number of rotatable bonds is 9. The van der Waals surface area contributed by atoms with Crippen LogP contribution in [-0.2, 0) is 0 Å². The summed E-state index contributed by atoms with van der Waals surface area (Å²) in [6, 6.07) is 0.708. The summed E-state index contributed by atoms with van der Waals surface area (Å²) in [7, 11) is 4.38. The molecule has 4 nitrogen and oxygen atoms in total. The number of nitrogens with zero attached hydrogens (tertiary/aromatic N) is 2. The van der Waals surface area contributed by atoms with Crippen molar-refractivity contribution in [3.05, 3.63) is 0 Å². The van der Waals surface area contributed by atoms with E-state index in [1.165, 1.54) is 32.5 Å². The van der Waals surface area contributed by atoms with Crippen molar-refractivity contribution in [3.63, 3.8) is 0 Å². The van der Waals surface area contributed by atoms with Gasteiger partial charge < -0.3 is 20.2 Å². The Hall–Kier alpha value is -0.160. The van der Waals surface area contributed by atoms with E-state index in [-0.39, 0.29) is 12.1 Å². The molecule has 120 valence electrons. The maximum atomic E-state index is 9.48. The predicted molar refractivity (Wildman–Crippen MR) is 86.1 cm³/mol. The molecule has 4 heteroatoms. The first kappa shape index (κ1) is 17.9. The van der Waals surface area contributed by atoms with E-state index in [0.29, 0.717) is 6.04 Å². The Morgan fingerprint density at radius 3 is 2.50 bits per heavy atom. The average Bonchev–Trinajstić information content (AvgIpc) is 2.76. The lowest BCUT2D eigenvalue weighted by Gasteiger charge is -2.28. The summed E-state index contributed by atoms with van der Waals surface area (Å²) in [6.07, 6.45) is 3.47. The molecule has 20 heavy (non-hydrogen) atoms. The molecule has 2 N–H and O–H groups in total. The molecular weight excluding hydrogens is 250 g/mol. The second kappa shape index (κ2) is 8.32. The smallest absolute Gasteiger partial charge is 0.0610 e. The average molecular weight is 285 g/mol. The van der Waals surface area contributed by atoms with Crippen LogP contribution in [0.15, 0.2) is 0 Å². The van der Waals surface area contributed by atoms with Gasteiger partial charge in [-0.2, -0.15) is 0 Å². The van der Waals surface area contributed by atoms with Gasteiger partial charge in [0.2, 0.25) is 0 Å². The zero-order valence-corrected chi connectivity index (χ0v) is 14.2. The van der Waals surface area contributed by atoms with Gasteiger partial charge in [0.25, 0.3) is 0 Å². The molecule has 3 atom stereocenters. The van der Waals surface area contributed by atoms with E-state index < -0.39 is 0 Å². The lowest BCUT2D eigenvalue weighted by atomic mass is 9.95. The number of likely N-dealkylation sites (tertiary alicyclic amines) is 1. The molecule has 1 fully saturated rings. The van der Waals surface area contributed by atoms with Crippen molar-refractivity contribution in [1.29, 1.82) is 0 Å². The molecule has 0 aromatic heterocycles. The molecule has 1 rings (SSSR count). The lowest BCUT2D eigenvalue weighted by molar-refractivity contribution is 0.163. The summed E-state index contributed by atoms with van der Waals surface area (Å²) in [4.78, 5) is 4.96. The summed E-state index contributed by atoms with van der Waals surface area (Å²) in [6.45, 7) is 11.4. The fraction of sp³-hybridized carbons (Fsp3) is 1.00. The van der Waals surface area contributed by atoms with E-state index in [9.17, 15) is 5.11 Å². The first-order chi connectivity index (χ1) is 9.41. The number of unbranched alkanes of at least 4 members (excludes halogenated alkanes) is 1. The molecule has 0 aromatic rings. The quantitative estimate of drug-likeness (QED) is 0.628. The van der Waals surface area contributed by atoms with Gasteiger partial charge in [-0.1, -0.05) is 20.3 Å². The van der Waals surface area contributed by atoms with E-state index >= 15 is 0 Å². The molecule has 1 heterocycles. The summed E-state index contributed by atoms with van der Waals surface area (Å²) >= 11 is 0. The van der Waals surface area contributed by atoms with Crippen molar-refractivity contribution in [2.45, 2.75) is 51.6 Å². The molecule has 1 aliphatic rings. The van der Waals surface area contributed by atoms with Gasteiger partial charge in [-0.25, -0.2) is 0 Å². The highest BCUT2D eigenvalue weighted by Crippen LogP contribution is 2.21. The Labute approximate surface area is 125 Å². The van der Waals surface area contributed by atoms with Gasteiger partial charge in [-0.05, 0) is 52.9 Å². The van der Waals surface area contributed by atoms with Crippen LogP contribution in [0.1, 0.15) is 40.0 Å². The highest BCUT2D eigenvalue weighted by atomic mass is 16.3. The number of hydrogen-bond donors (Lipinski definition) is 2. The van der Waals surface area contributed by atoms with Crippen LogP contribution in [-0.4, -0.2) is 73.4 Å². The minimum absolute atomic E-state index is 0.0980. The Morgan fingerprint density at radius 2 is 2.00 bits per heavy atom. The van der Waals surface area contributed by atoms with Crippen LogP contribution in [0.5, 0.6) is 0 Å². The molecule has 0 saturated carbocycles. The van der Waals surface area contributed by atoms with Gasteiger partial charge >= 0.3 is 0 Å². The summed E-state index contributed by atoms with van der Waals surface area (Å²) in [5.41, 5.74) is -0.0980. The molecular formula is C16H35N3O. The van der Waals surface area contributed by atoms with Crippen LogP contribution in [0.25, 0.3) is 0 Å². The van der Waals surface area contributed by atoms with E-state index in [1.54, 1.807) is 0 Å². The van der Waals surface area contributed by atoms with Crippen molar-refractivity contribution >= 4 is 0 Å². The highest BCUT2D eigenvalue weighted by Gasteiger charge is 2.30. The van der Waals surface area contributed by atoms with Gasteiger partial charge in [0.1, 0.15) is 0 Å². The van der Waals surface area contributed by atoms with Crippen molar-refractivity contribution in [2.24, 2.45) is 5.92 Å². The summed E-state index contributed by atoms with van der Waals surface area (Å²) in [5, 5.41) is 12.9. The molecule has 0 radical (unpaired) electrons. The van der Waals surface area contributed by atoms with Crippen LogP contribution in [0.2, 0.25) is 0 Å². The third kappa shape index (κ3) is 5.32. The predicted octanol–water partition coefficient (Wildman–Crippen LogP) is 1.40. The van der Waals surface area contributed by atoms with Crippen molar-refractivity contribution in [1.82, 2.24) is 15.1 Å². The van der Waals surface area contributed by atoms with Gasteiger partial charge in [-0.15, -0.1) is 0 Å². The number of likely N-dealkylation sites (N-methyl/N-ethyl adjacent to an activating group) is 2. The first-order valence-electron chi connectivity index (χ1n) is 8.16. The zero-order chi connectivity index (χ0) is 15.2. The SMILES string of the molecule is CCNC(C)(CO)CCCCN1CC(C)C(N(C)C)C1. The Bertz CT molecular complexity index is 272. The van der Waals surface area contributed by atoms with Gasteiger partial charge in [0.05, 0.1) is 6.61 Å². The second-order valence-electron chi connectivity index (χ2n) is 6.97. The number of nitrogens with one attached hydrogen (secondary N) is 1. The fourth-order valence-electron chi connectivity index (χ4n) is 3.40. The molecule has 0 bridgehead atoms. The van der Waals surface area contributed by atoms with Gasteiger partial charge in [0.15, 0.2) is 0 Å². The second-order valence-corrected chi connectivity index (χ2v) is 6.97. The van der Waals surface area contributed by atoms with Crippen LogP contribution in [0.3, 0.4) is 0 Å². The van der Waals surface area contributed by atoms with E-state index in [0.717, 1.165) is 18.9 Å². The topological polar surface area (TPSA) is 38.7 Å². The molecule has 0 amide bonds. The molecule has 0 spiro atoms. The normalized spacial score (nSPS) is 27.1. The minimum atomic E-state index is -0.0980. The van der Waals surface area contributed by atoms with E-state index in [1.807, 2.05) is 0 Å². The minimum Gasteiger partial charge on any atom is -0.394 e. The Kier molecular flexibility index (Phi) is 7.45. The number of aliphatic hydroxyl groups excluding tert-OH is 1. The molecule has 0 aliphatic carbocycles. The van der Waals surface area contributed by atoms with Crippen LogP contribution >= 0.6 is 0 Å². The van der Waals surface area contributed by atoms with Gasteiger partial charge in [0, 0.05) is 24.7 Å². The number of hydrogen-bond acceptors (Lipinski definition) is 4. The standard InChI is InChI=1S/C16H35N3O/c1-6-17-16(3,13-20)9-7-8-10-19-11-14(2)15(12-19)18(4)5/h14-15,17,20H,6-13H2,1-5H3. The molecule has 3 unspecified atom stereocenters. The lowest BCUT2D eigenvalue weighted by Crippen LogP contribution is -2.45. The van der Waals surface area contributed by atoms with E-state index in [4.69, 9.17) is 0 Å². The van der Waals surface area contributed by atoms with Crippen molar-refractivity contribution < 1.29 is 5.11 Å². The molecule has 0 aromatic carbocycles. The maximum absolute atomic E-state index is 9.48. The fourth-order valence-corrected chi connectivity index (χ4v) is 3.40. The van der Waals surface area contributed by atoms with E-state index in [2.05, 4.69) is 50.0 Å². The maximum Gasteiger partial charge on any atom is 0.0610 e. The van der Waals surface area contributed by atoms with Crippen LogP contribution in [0.4, 0.5) is 0 Å². The van der Waals surface area contributed by atoms with Crippen molar-refractivity contribution in [3.8, 4) is 0 Å².